The first-order chi connectivity index (χ1) is 12.2. The maximum atomic E-state index is 14.0. The fraction of sp³-hybridized carbons (Fsp3) is 0.474. The Hall–Kier alpha value is -1.84. The van der Waals surface area contributed by atoms with Crippen molar-refractivity contribution in [1.29, 1.82) is 0 Å². The summed E-state index contributed by atoms with van der Waals surface area (Å²) in [7, 11) is 5.31. The van der Waals surface area contributed by atoms with Gasteiger partial charge in [-0.25, -0.2) is 9.37 Å². The highest BCUT2D eigenvalue weighted by molar-refractivity contribution is 14.0. The van der Waals surface area contributed by atoms with E-state index in [0.29, 0.717) is 30.6 Å². The van der Waals surface area contributed by atoms with Gasteiger partial charge in [0.25, 0.3) is 0 Å². The number of guanidine groups is 1. The highest BCUT2D eigenvalue weighted by Gasteiger charge is 2.19. The number of hydrogen-bond donors (Lipinski definition) is 2. The van der Waals surface area contributed by atoms with Crippen LogP contribution in [0.15, 0.2) is 33.8 Å². The molecule has 27 heavy (non-hydrogen) atoms. The van der Waals surface area contributed by atoms with Crippen molar-refractivity contribution in [3.05, 3.63) is 47.4 Å². The molecule has 0 saturated carbocycles. The number of hydrogen-bond acceptors (Lipinski definition) is 4. The van der Waals surface area contributed by atoms with Gasteiger partial charge >= 0.3 is 0 Å². The van der Waals surface area contributed by atoms with Crippen LogP contribution in [0.2, 0.25) is 0 Å². The normalized spacial score (nSPS) is 11.7. The third-order valence-corrected chi connectivity index (χ3v) is 3.88. The number of anilines is 1. The molecule has 150 valence electrons. The number of oxazole rings is 1. The standard InChI is InChI=1S/C19H28FN5O.HI/c1-19(2,3)16-11-22-17(26-16)12-24-18(21-4)23-10-13-7-8-15(25(5)6)14(20)9-13;/h7-9,11H,10,12H2,1-6H3,(H2,21,23,24);1H. The Morgan fingerprint density at radius 1 is 1.22 bits per heavy atom. The van der Waals surface area contributed by atoms with E-state index in [0.717, 1.165) is 11.3 Å². The molecule has 6 nitrogen and oxygen atoms in total. The van der Waals surface area contributed by atoms with Crippen molar-refractivity contribution in [3.8, 4) is 0 Å². The van der Waals surface area contributed by atoms with Crippen LogP contribution in [-0.2, 0) is 18.5 Å². The summed E-state index contributed by atoms with van der Waals surface area (Å²) in [6.45, 7) is 7.11. The summed E-state index contributed by atoms with van der Waals surface area (Å²) in [5.74, 6) is 1.79. The van der Waals surface area contributed by atoms with Gasteiger partial charge in [-0.1, -0.05) is 26.8 Å². The van der Waals surface area contributed by atoms with Gasteiger partial charge in [-0.3, -0.25) is 4.99 Å². The molecule has 0 aliphatic heterocycles. The van der Waals surface area contributed by atoms with E-state index in [1.165, 1.54) is 6.07 Å². The minimum Gasteiger partial charge on any atom is -0.443 e. The SMILES string of the molecule is CN=C(NCc1ccc(N(C)C)c(F)c1)NCc1ncc(C(C)(C)C)o1.I. The van der Waals surface area contributed by atoms with E-state index in [1.54, 1.807) is 24.2 Å². The molecule has 0 fully saturated rings. The zero-order chi connectivity index (χ0) is 19.3. The first-order valence-electron chi connectivity index (χ1n) is 8.56. The minimum absolute atomic E-state index is 0. The average Bonchev–Trinajstić information content (AvgIpc) is 3.04. The fourth-order valence-corrected chi connectivity index (χ4v) is 2.33. The van der Waals surface area contributed by atoms with Crippen LogP contribution in [0.25, 0.3) is 0 Å². The molecule has 2 rings (SSSR count). The van der Waals surface area contributed by atoms with Gasteiger partial charge in [0.1, 0.15) is 11.6 Å². The van der Waals surface area contributed by atoms with E-state index in [4.69, 9.17) is 4.42 Å². The second kappa shape index (κ2) is 9.91. The summed E-state index contributed by atoms with van der Waals surface area (Å²) in [5, 5.41) is 6.30. The summed E-state index contributed by atoms with van der Waals surface area (Å²) in [6.07, 6.45) is 1.75. The molecule has 0 amide bonds. The lowest BCUT2D eigenvalue weighted by atomic mass is 9.94. The van der Waals surface area contributed by atoms with Crippen molar-refractivity contribution in [2.24, 2.45) is 4.99 Å². The fourth-order valence-electron chi connectivity index (χ4n) is 2.33. The highest BCUT2D eigenvalue weighted by atomic mass is 127. The third kappa shape index (κ3) is 6.67. The number of nitrogens with zero attached hydrogens (tertiary/aromatic N) is 3. The first kappa shape index (κ1) is 23.2. The van der Waals surface area contributed by atoms with E-state index in [9.17, 15) is 4.39 Å². The molecule has 1 heterocycles. The quantitative estimate of drug-likeness (QED) is 0.382. The smallest absolute Gasteiger partial charge is 0.213 e. The topological polar surface area (TPSA) is 65.7 Å². The van der Waals surface area contributed by atoms with E-state index >= 15 is 0 Å². The predicted octanol–water partition coefficient (Wildman–Crippen LogP) is 3.66. The lowest BCUT2D eigenvalue weighted by Crippen LogP contribution is -2.36. The van der Waals surface area contributed by atoms with Crippen LogP contribution in [0.1, 0.15) is 38.0 Å². The minimum atomic E-state index is -0.244. The number of aromatic nitrogens is 1. The number of nitrogens with one attached hydrogen (secondary N) is 2. The van der Waals surface area contributed by atoms with Gasteiger partial charge in [0.15, 0.2) is 5.96 Å². The van der Waals surface area contributed by atoms with Gasteiger partial charge in [0.2, 0.25) is 5.89 Å². The Kier molecular flexibility index (Phi) is 8.52. The van der Waals surface area contributed by atoms with Crippen molar-refractivity contribution in [2.45, 2.75) is 39.3 Å². The second-order valence-corrected chi connectivity index (χ2v) is 7.33. The van der Waals surface area contributed by atoms with Crippen molar-refractivity contribution in [1.82, 2.24) is 15.6 Å². The zero-order valence-electron chi connectivity index (χ0n) is 16.8. The Labute approximate surface area is 177 Å². The van der Waals surface area contributed by atoms with Gasteiger partial charge in [0.05, 0.1) is 18.4 Å². The van der Waals surface area contributed by atoms with E-state index in [1.807, 2.05) is 20.2 Å². The van der Waals surface area contributed by atoms with E-state index in [-0.39, 0.29) is 35.2 Å². The first-order valence-corrected chi connectivity index (χ1v) is 8.56. The second-order valence-electron chi connectivity index (χ2n) is 7.33. The molecular weight excluding hydrogens is 460 g/mol. The molecule has 1 aromatic carbocycles. The van der Waals surface area contributed by atoms with Crippen LogP contribution < -0.4 is 15.5 Å². The van der Waals surface area contributed by atoms with Crippen molar-refractivity contribution >= 4 is 35.6 Å². The molecule has 0 spiro atoms. The van der Waals surface area contributed by atoms with Crippen molar-refractivity contribution in [3.63, 3.8) is 0 Å². The molecule has 2 N–H and O–H groups in total. The maximum Gasteiger partial charge on any atom is 0.213 e. The summed E-state index contributed by atoms with van der Waals surface area (Å²) >= 11 is 0. The number of halogens is 2. The average molecular weight is 489 g/mol. The van der Waals surface area contributed by atoms with Crippen LogP contribution in [0.3, 0.4) is 0 Å². The lowest BCUT2D eigenvalue weighted by Gasteiger charge is -2.15. The summed E-state index contributed by atoms with van der Waals surface area (Å²) in [4.78, 5) is 10.2. The lowest BCUT2D eigenvalue weighted by molar-refractivity contribution is 0.379. The number of aliphatic imine (C=N–C) groups is 1. The highest BCUT2D eigenvalue weighted by Crippen LogP contribution is 2.22. The monoisotopic (exact) mass is 489 g/mol. The van der Waals surface area contributed by atoms with Gasteiger partial charge in [-0.05, 0) is 17.7 Å². The molecule has 0 bridgehead atoms. The molecule has 0 atom stereocenters. The Morgan fingerprint density at radius 2 is 1.89 bits per heavy atom. The summed E-state index contributed by atoms with van der Waals surface area (Å²) < 4.78 is 19.8. The van der Waals surface area contributed by atoms with Crippen LogP contribution >= 0.6 is 24.0 Å². The van der Waals surface area contributed by atoms with Gasteiger partial charge in [0, 0.05) is 33.1 Å². The van der Waals surface area contributed by atoms with Crippen LogP contribution in [-0.4, -0.2) is 32.1 Å². The van der Waals surface area contributed by atoms with Gasteiger partial charge < -0.3 is 20.0 Å². The molecular formula is C19H29FIN5O. The molecule has 0 unspecified atom stereocenters. The Morgan fingerprint density at radius 3 is 2.41 bits per heavy atom. The molecule has 1 aromatic heterocycles. The van der Waals surface area contributed by atoms with Crippen molar-refractivity contribution in [2.75, 3.05) is 26.0 Å². The molecule has 0 aliphatic carbocycles. The predicted molar refractivity (Wildman–Crippen MR) is 118 cm³/mol. The zero-order valence-corrected chi connectivity index (χ0v) is 19.1. The molecule has 2 aromatic rings. The van der Waals surface area contributed by atoms with Crippen LogP contribution in [0.4, 0.5) is 10.1 Å². The Balaban J connectivity index is 0.00000364. The van der Waals surface area contributed by atoms with E-state index in [2.05, 4.69) is 41.4 Å². The van der Waals surface area contributed by atoms with Crippen LogP contribution in [0.5, 0.6) is 0 Å². The number of rotatable bonds is 5. The largest absolute Gasteiger partial charge is 0.443 e. The summed E-state index contributed by atoms with van der Waals surface area (Å²) in [5.41, 5.74) is 1.32. The molecule has 0 saturated heterocycles. The molecule has 0 aliphatic rings. The van der Waals surface area contributed by atoms with Crippen molar-refractivity contribution < 1.29 is 8.81 Å². The molecule has 8 heteroatoms. The third-order valence-electron chi connectivity index (χ3n) is 3.88. The molecule has 0 radical (unpaired) electrons. The van der Waals surface area contributed by atoms with Crippen LogP contribution in [0, 0.1) is 5.82 Å². The van der Waals surface area contributed by atoms with Gasteiger partial charge in [-0.15, -0.1) is 24.0 Å². The van der Waals surface area contributed by atoms with Gasteiger partial charge in [-0.2, -0.15) is 0 Å². The Bertz CT molecular complexity index is 768. The maximum absolute atomic E-state index is 14.0. The number of benzene rings is 1. The van der Waals surface area contributed by atoms with E-state index < -0.39 is 0 Å². The summed E-state index contributed by atoms with van der Waals surface area (Å²) in [6, 6.07) is 5.19.